The Morgan fingerprint density at radius 2 is 1.87 bits per heavy atom. The smallest absolute Gasteiger partial charge is 0.252 e. The van der Waals surface area contributed by atoms with Crippen LogP contribution in [0.3, 0.4) is 0 Å². The number of allylic oxidation sites excluding steroid dienone is 1. The number of hydrogen-bond acceptors (Lipinski definition) is 6. The number of sulfone groups is 1. The Labute approximate surface area is 177 Å². The molecule has 0 spiro atoms. The number of rotatable bonds is 5. The van der Waals surface area contributed by atoms with Crippen LogP contribution in [0.5, 0.6) is 11.5 Å². The van der Waals surface area contributed by atoms with Crippen LogP contribution < -0.4 is 14.3 Å². The van der Waals surface area contributed by atoms with E-state index in [-0.39, 0.29) is 17.2 Å². The highest BCUT2D eigenvalue weighted by molar-refractivity contribution is 7.90. The molecule has 156 valence electrons. The van der Waals surface area contributed by atoms with Crippen LogP contribution in [-0.2, 0) is 27.6 Å². The minimum atomic E-state index is -3.27. The topological polar surface area (TPSA) is 87.0 Å². The predicted octanol–water partition coefficient (Wildman–Crippen LogP) is 2.73. The molecule has 0 aliphatic carbocycles. The first-order valence-electron chi connectivity index (χ1n) is 9.25. The summed E-state index contributed by atoms with van der Waals surface area (Å²) < 4.78 is 37.3. The minimum Gasteiger partial charge on any atom is -0.486 e. The number of amides is 1. The van der Waals surface area contributed by atoms with E-state index in [1.165, 1.54) is 23.5 Å². The van der Waals surface area contributed by atoms with Gasteiger partial charge in [0.05, 0.1) is 21.5 Å². The molecule has 0 N–H and O–H groups in total. The Hall–Kier alpha value is -2.91. The van der Waals surface area contributed by atoms with E-state index in [1.54, 1.807) is 18.2 Å². The van der Waals surface area contributed by atoms with Crippen molar-refractivity contribution in [2.24, 2.45) is 4.99 Å². The summed E-state index contributed by atoms with van der Waals surface area (Å²) in [5.74, 6) is 1.04. The Bertz CT molecular complexity index is 1300. The summed E-state index contributed by atoms with van der Waals surface area (Å²) in [4.78, 5) is 17.7. The van der Waals surface area contributed by atoms with Gasteiger partial charge in [0.1, 0.15) is 13.2 Å². The number of benzene rings is 2. The summed E-state index contributed by atoms with van der Waals surface area (Å²) in [5, 5.41) is 0. The van der Waals surface area contributed by atoms with Gasteiger partial charge in [0.25, 0.3) is 5.91 Å². The number of carbonyl (C=O) groups excluding carboxylic acids is 1. The number of ether oxygens (including phenoxy) is 2. The van der Waals surface area contributed by atoms with Gasteiger partial charge in [-0.2, -0.15) is 4.99 Å². The van der Waals surface area contributed by atoms with Crippen molar-refractivity contribution in [3.63, 3.8) is 0 Å². The molecular formula is C21H20N2O5S2. The van der Waals surface area contributed by atoms with Crippen LogP contribution in [0.2, 0.25) is 0 Å². The standard InChI is InChI=1S/C21H20N2O5S2/c1-3-8-23-16-12-17-18(28-10-9-27-17)13-19(16)29-21(23)22-20(24)11-14-4-6-15(7-5-14)30(2,25)26/h3-7,12-13H,1,8-11H2,2H3. The first-order valence-corrected chi connectivity index (χ1v) is 12.0. The van der Waals surface area contributed by atoms with Crippen molar-refractivity contribution in [3.05, 3.63) is 59.4 Å². The van der Waals surface area contributed by atoms with Crippen molar-refractivity contribution < 1.29 is 22.7 Å². The van der Waals surface area contributed by atoms with Crippen molar-refractivity contribution in [1.29, 1.82) is 0 Å². The number of thiazole rings is 1. The molecule has 2 heterocycles. The molecule has 7 nitrogen and oxygen atoms in total. The van der Waals surface area contributed by atoms with Gasteiger partial charge in [0.15, 0.2) is 26.1 Å². The fourth-order valence-corrected chi connectivity index (χ4v) is 4.87. The highest BCUT2D eigenvalue weighted by Crippen LogP contribution is 2.35. The highest BCUT2D eigenvalue weighted by atomic mass is 32.2. The molecule has 9 heteroatoms. The number of fused-ring (bicyclic) bond motifs is 2. The van der Waals surface area contributed by atoms with Crippen LogP contribution in [0.15, 0.2) is 58.9 Å². The third-order valence-corrected chi connectivity index (χ3v) is 6.76. The number of carbonyl (C=O) groups is 1. The molecular weight excluding hydrogens is 424 g/mol. The first kappa shape index (κ1) is 20.4. The molecule has 1 aliphatic rings. The lowest BCUT2D eigenvalue weighted by molar-refractivity contribution is -0.117. The van der Waals surface area contributed by atoms with E-state index >= 15 is 0 Å². The monoisotopic (exact) mass is 444 g/mol. The zero-order valence-electron chi connectivity index (χ0n) is 16.3. The molecule has 0 saturated carbocycles. The van der Waals surface area contributed by atoms with E-state index in [0.717, 1.165) is 16.5 Å². The second-order valence-corrected chi connectivity index (χ2v) is 9.87. The third kappa shape index (κ3) is 4.17. The van der Waals surface area contributed by atoms with Crippen LogP contribution in [-0.4, -0.2) is 38.4 Å². The zero-order valence-corrected chi connectivity index (χ0v) is 18.0. The molecule has 0 fully saturated rings. The molecule has 0 bridgehead atoms. The lowest BCUT2D eigenvalue weighted by Crippen LogP contribution is -2.17. The quantitative estimate of drug-likeness (QED) is 0.565. The minimum absolute atomic E-state index is 0.0785. The average molecular weight is 445 g/mol. The molecule has 2 aromatic carbocycles. The van der Waals surface area contributed by atoms with Crippen molar-refractivity contribution in [2.45, 2.75) is 17.9 Å². The average Bonchev–Trinajstić information content (AvgIpc) is 3.02. The van der Waals surface area contributed by atoms with Crippen LogP contribution >= 0.6 is 11.3 Å². The van der Waals surface area contributed by atoms with E-state index in [4.69, 9.17) is 9.47 Å². The van der Waals surface area contributed by atoms with Gasteiger partial charge in [0.2, 0.25) is 0 Å². The normalized spacial score (nSPS) is 14.1. The lowest BCUT2D eigenvalue weighted by Gasteiger charge is -2.18. The van der Waals surface area contributed by atoms with Crippen molar-refractivity contribution in [1.82, 2.24) is 4.57 Å². The van der Waals surface area contributed by atoms with Gasteiger partial charge in [0, 0.05) is 24.9 Å². The molecule has 1 aromatic heterocycles. The SMILES string of the molecule is C=CCn1c(=NC(=O)Cc2ccc(S(C)(=O)=O)cc2)sc2cc3c(cc21)OCCO3. The number of hydrogen-bond donors (Lipinski definition) is 0. The number of aromatic nitrogens is 1. The van der Waals surface area contributed by atoms with Crippen LogP contribution in [0.25, 0.3) is 10.2 Å². The Morgan fingerprint density at radius 1 is 1.20 bits per heavy atom. The number of nitrogens with zero attached hydrogens (tertiary/aromatic N) is 2. The summed E-state index contributed by atoms with van der Waals surface area (Å²) in [5.41, 5.74) is 1.60. The Balaban J connectivity index is 1.68. The van der Waals surface area contributed by atoms with Gasteiger partial charge in [-0.05, 0) is 17.7 Å². The van der Waals surface area contributed by atoms with Gasteiger partial charge < -0.3 is 14.0 Å². The molecule has 0 radical (unpaired) electrons. The largest absolute Gasteiger partial charge is 0.486 e. The molecule has 30 heavy (non-hydrogen) atoms. The maximum absolute atomic E-state index is 12.6. The van der Waals surface area contributed by atoms with Crippen LogP contribution in [0, 0.1) is 0 Å². The third-order valence-electron chi connectivity index (χ3n) is 4.59. The van der Waals surface area contributed by atoms with Gasteiger partial charge in [-0.25, -0.2) is 8.42 Å². The van der Waals surface area contributed by atoms with E-state index in [9.17, 15) is 13.2 Å². The maximum Gasteiger partial charge on any atom is 0.252 e. The van der Waals surface area contributed by atoms with E-state index in [2.05, 4.69) is 11.6 Å². The van der Waals surface area contributed by atoms with Gasteiger partial charge in [-0.1, -0.05) is 29.5 Å². The molecule has 4 rings (SSSR count). The molecule has 3 aromatic rings. The van der Waals surface area contributed by atoms with E-state index in [0.29, 0.717) is 41.6 Å². The van der Waals surface area contributed by atoms with Crippen LogP contribution in [0.1, 0.15) is 5.56 Å². The first-order chi connectivity index (χ1) is 14.3. The Kier molecular flexibility index (Phi) is 5.48. The lowest BCUT2D eigenvalue weighted by atomic mass is 10.1. The van der Waals surface area contributed by atoms with Crippen molar-refractivity contribution in [2.75, 3.05) is 19.5 Å². The molecule has 0 unspecified atom stereocenters. The summed E-state index contributed by atoms with van der Waals surface area (Å²) >= 11 is 1.39. The fourth-order valence-electron chi connectivity index (χ4n) is 3.17. The highest BCUT2D eigenvalue weighted by Gasteiger charge is 2.16. The molecule has 1 amide bonds. The summed E-state index contributed by atoms with van der Waals surface area (Å²) in [6.45, 7) is 5.30. The second-order valence-electron chi connectivity index (χ2n) is 6.85. The summed E-state index contributed by atoms with van der Waals surface area (Å²) in [6, 6.07) is 10.1. The van der Waals surface area contributed by atoms with Crippen molar-refractivity contribution in [3.8, 4) is 11.5 Å². The van der Waals surface area contributed by atoms with Gasteiger partial charge in [-0.3, -0.25) is 4.79 Å². The molecule has 0 saturated heterocycles. The Morgan fingerprint density at radius 3 is 2.50 bits per heavy atom. The van der Waals surface area contributed by atoms with E-state index < -0.39 is 9.84 Å². The predicted molar refractivity (Wildman–Crippen MR) is 115 cm³/mol. The van der Waals surface area contributed by atoms with Gasteiger partial charge in [-0.15, -0.1) is 6.58 Å². The molecule has 1 aliphatic heterocycles. The second kappa shape index (κ2) is 8.08. The van der Waals surface area contributed by atoms with Crippen molar-refractivity contribution >= 4 is 37.3 Å². The van der Waals surface area contributed by atoms with E-state index in [1.807, 2.05) is 16.7 Å². The van der Waals surface area contributed by atoms with Gasteiger partial charge >= 0.3 is 0 Å². The summed E-state index contributed by atoms with van der Waals surface area (Å²) in [6.07, 6.45) is 2.97. The maximum atomic E-state index is 12.6. The zero-order chi connectivity index (χ0) is 21.3. The molecule has 0 atom stereocenters. The van der Waals surface area contributed by atoms with Crippen LogP contribution in [0.4, 0.5) is 0 Å². The summed E-state index contributed by atoms with van der Waals surface area (Å²) in [7, 11) is -3.27. The fraction of sp³-hybridized carbons (Fsp3) is 0.238.